The number of H-pyrrole nitrogens is 1. The second kappa shape index (κ2) is 4.91. The number of nitrogens with one attached hydrogen (secondary N) is 1. The Hall–Kier alpha value is -2.31. The molecule has 0 atom stereocenters. The lowest BCUT2D eigenvalue weighted by atomic mass is 10.0. The van der Waals surface area contributed by atoms with Crippen molar-refractivity contribution in [1.82, 2.24) is 15.1 Å². The topological polar surface area (TPSA) is 49.0 Å². The third kappa shape index (κ3) is 2.51. The van der Waals surface area contributed by atoms with Crippen LogP contribution < -0.4 is 0 Å². The van der Waals surface area contributed by atoms with Gasteiger partial charge in [-0.2, -0.15) is 18.3 Å². The Labute approximate surface area is 118 Å². The highest BCUT2D eigenvalue weighted by Crippen LogP contribution is 2.34. The van der Waals surface area contributed by atoms with Crippen molar-refractivity contribution in [2.24, 2.45) is 0 Å². The molecule has 0 radical (unpaired) electrons. The van der Waals surface area contributed by atoms with E-state index in [0.29, 0.717) is 24.2 Å². The fourth-order valence-electron chi connectivity index (χ4n) is 2.47. The summed E-state index contributed by atoms with van der Waals surface area (Å²) < 4.78 is 38.6. The number of alkyl halides is 3. The lowest BCUT2D eigenvalue weighted by Crippen LogP contribution is -2.36. The monoisotopic (exact) mass is 295 g/mol. The molecule has 0 fully saturated rings. The number of hydrogen-bond donors (Lipinski definition) is 1. The van der Waals surface area contributed by atoms with Gasteiger partial charge in [0.15, 0.2) is 5.69 Å². The predicted octanol–water partition coefficient (Wildman–Crippen LogP) is 2.63. The molecule has 1 N–H and O–H groups in total. The van der Waals surface area contributed by atoms with Crippen molar-refractivity contribution in [1.29, 1.82) is 0 Å². The Morgan fingerprint density at radius 2 is 1.95 bits per heavy atom. The van der Waals surface area contributed by atoms with Gasteiger partial charge in [0.05, 0.1) is 0 Å². The van der Waals surface area contributed by atoms with E-state index < -0.39 is 11.9 Å². The Bertz CT molecular complexity index is 664. The quantitative estimate of drug-likeness (QED) is 0.879. The zero-order valence-corrected chi connectivity index (χ0v) is 10.9. The maximum absolute atomic E-state index is 12.9. The van der Waals surface area contributed by atoms with E-state index in [1.807, 2.05) is 0 Å². The first-order valence-corrected chi connectivity index (χ1v) is 6.44. The number of aromatic nitrogens is 2. The summed E-state index contributed by atoms with van der Waals surface area (Å²) >= 11 is 0. The van der Waals surface area contributed by atoms with E-state index in [1.165, 1.54) is 4.90 Å². The lowest BCUT2D eigenvalue weighted by molar-refractivity contribution is -0.142. The largest absolute Gasteiger partial charge is 0.435 e. The molecule has 7 heteroatoms. The highest BCUT2D eigenvalue weighted by molar-refractivity contribution is 5.94. The molecule has 0 aliphatic carbocycles. The maximum atomic E-state index is 12.9. The van der Waals surface area contributed by atoms with E-state index in [2.05, 4.69) is 10.2 Å². The molecule has 0 saturated carbocycles. The first-order valence-electron chi connectivity index (χ1n) is 6.44. The number of carbonyl (C=O) groups is 1. The third-order valence-electron chi connectivity index (χ3n) is 3.51. The number of benzene rings is 1. The minimum absolute atomic E-state index is 0.0676. The molecule has 21 heavy (non-hydrogen) atoms. The molecule has 2 aromatic rings. The Morgan fingerprint density at radius 3 is 2.62 bits per heavy atom. The minimum Gasteiger partial charge on any atom is -0.334 e. The van der Waals surface area contributed by atoms with Crippen molar-refractivity contribution in [2.45, 2.75) is 19.1 Å². The molecule has 3 rings (SSSR count). The summed E-state index contributed by atoms with van der Waals surface area (Å²) in [5.41, 5.74) is 0.0681. The molecule has 110 valence electrons. The van der Waals surface area contributed by atoms with Crippen molar-refractivity contribution in [3.8, 4) is 0 Å². The number of nitrogens with zero attached hydrogens (tertiary/aromatic N) is 2. The number of carbonyl (C=O) groups excluding carboxylic acids is 1. The summed E-state index contributed by atoms with van der Waals surface area (Å²) in [5, 5.41) is 5.77. The number of hydrogen-bond acceptors (Lipinski definition) is 2. The van der Waals surface area contributed by atoms with Gasteiger partial charge < -0.3 is 4.90 Å². The van der Waals surface area contributed by atoms with E-state index in [4.69, 9.17) is 0 Å². The van der Waals surface area contributed by atoms with Crippen LogP contribution in [0.3, 0.4) is 0 Å². The smallest absolute Gasteiger partial charge is 0.334 e. The van der Waals surface area contributed by atoms with E-state index in [1.54, 1.807) is 30.3 Å². The number of aromatic amines is 1. The first kappa shape index (κ1) is 13.7. The Kier molecular flexibility index (Phi) is 3.19. The van der Waals surface area contributed by atoms with E-state index in [-0.39, 0.29) is 18.0 Å². The zero-order valence-electron chi connectivity index (χ0n) is 10.9. The summed E-state index contributed by atoms with van der Waals surface area (Å²) in [6.07, 6.45) is -4.17. The SMILES string of the molecule is O=C(c1ccccc1)N1CCc2[nH]nc(C(F)(F)F)c2C1. The summed E-state index contributed by atoms with van der Waals surface area (Å²) in [4.78, 5) is 13.7. The molecule has 0 saturated heterocycles. The number of rotatable bonds is 1. The van der Waals surface area contributed by atoms with Crippen molar-refractivity contribution in [3.63, 3.8) is 0 Å². The van der Waals surface area contributed by atoms with Gasteiger partial charge in [-0.25, -0.2) is 0 Å². The zero-order chi connectivity index (χ0) is 15.0. The molecule has 1 aliphatic heterocycles. The molecule has 1 aliphatic rings. The van der Waals surface area contributed by atoms with Crippen LogP contribution in [0.2, 0.25) is 0 Å². The molecular weight excluding hydrogens is 283 g/mol. The second-order valence-electron chi connectivity index (χ2n) is 4.87. The van der Waals surface area contributed by atoms with E-state index in [9.17, 15) is 18.0 Å². The maximum Gasteiger partial charge on any atom is 0.435 e. The van der Waals surface area contributed by atoms with Gasteiger partial charge >= 0.3 is 6.18 Å². The number of halogens is 3. The molecule has 1 aromatic carbocycles. The van der Waals surface area contributed by atoms with Crippen LogP contribution in [0.5, 0.6) is 0 Å². The van der Waals surface area contributed by atoms with Crippen LogP contribution in [0.4, 0.5) is 13.2 Å². The van der Waals surface area contributed by atoms with Gasteiger partial charge in [-0.15, -0.1) is 0 Å². The van der Waals surface area contributed by atoms with Gasteiger partial charge in [0.2, 0.25) is 0 Å². The summed E-state index contributed by atoms with van der Waals surface area (Å²) in [6.45, 7) is 0.300. The minimum atomic E-state index is -4.51. The fourth-order valence-corrected chi connectivity index (χ4v) is 2.47. The van der Waals surface area contributed by atoms with E-state index >= 15 is 0 Å². The average Bonchev–Trinajstić information content (AvgIpc) is 2.90. The highest BCUT2D eigenvalue weighted by atomic mass is 19.4. The molecule has 0 unspecified atom stereocenters. The second-order valence-corrected chi connectivity index (χ2v) is 4.87. The third-order valence-corrected chi connectivity index (χ3v) is 3.51. The Morgan fingerprint density at radius 1 is 1.24 bits per heavy atom. The number of amides is 1. The van der Waals surface area contributed by atoms with Crippen LogP contribution in [0.25, 0.3) is 0 Å². The van der Waals surface area contributed by atoms with Gasteiger partial charge in [-0.3, -0.25) is 9.89 Å². The molecule has 1 aromatic heterocycles. The van der Waals surface area contributed by atoms with Crippen LogP contribution in [0.1, 0.15) is 27.3 Å². The summed E-state index contributed by atoms with van der Waals surface area (Å²) in [5.74, 6) is -0.268. The molecule has 0 spiro atoms. The van der Waals surface area contributed by atoms with Crippen LogP contribution in [0, 0.1) is 0 Å². The molecule has 0 bridgehead atoms. The van der Waals surface area contributed by atoms with Gasteiger partial charge in [0.1, 0.15) is 0 Å². The summed E-state index contributed by atoms with van der Waals surface area (Å²) in [6, 6.07) is 8.53. The summed E-state index contributed by atoms with van der Waals surface area (Å²) in [7, 11) is 0. The van der Waals surface area contributed by atoms with Crippen molar-refractivity contribution in [3.05, 3.63) is 52.8 Å². The number of fused-ring (bicyclic) bond motifs is 1. The Balaban J connectivity index is 1.87. The van der Waals surface area contributed by atoms with Gasteiger partial charge in [-0.05, 0) is 12.1 Å². The molecule has 1 amide bonds. The predicted molar refractivity (Wildman–Crippen MR) is 68.5 cm³/mol. The molecular formula is C14H12F3N3O. The van der Waals surface area contributed by atoms with Crippen LogP contribution in [-0.2, 0) is 19.1 Å². The highest BCUT2D eigenvalue weighted by Gasteiger charge is 2.39. The van der Waals surface area contributed by atoms with Crippen LogP contribution >= 0.6 is 0 Å². The lowest BCUT2D eigenvalue weighted by Gasteiger charge is -2.27. The van der Waals surface area contributed by atoms with Gasteiger partial charge in [0.25, 0.3) is 5.91 Å². The van der Waals surface area contributed by atoms with Crippen molar-refractivity contribution >= 4 is 5.91 Å². The first-order chi connectivity index (χ1) is 9.97. The normalized spacial score (nSPS) is 14.9. The standard InChI is InChI=1S/C14H12F3N3O/c15-14(16,17)12-10-8-20(7-6-11(10)18-19-12)13(21)9-4-2-1-3-5-9/h1-5H,6-8H2,(H,18,19). The van der Waals surface area contributed by atoms with Gasteiger partial charge in [0, 0.05) is 36.3 Å². The molecule has 2 heterocycles. The van der Waals surface area contributed by atoms with Gasteiger partial charge in [-0.1, -0.05) is 18.2 Å². The van der Waals surface area contributed by atoms with Crippen LogP contribution in [0.15, 0.2) is 30.3 Å². The van der Waals surface area contributed by atoms with E-state index in [0.717, 1.165) is 0 Å². The molecule has 4 nitrogen and oxygen atoms in total. The van der Waals surface area contributed by atoms with Crippen molar-refractivity contribution in [2.75, 3.05) is 6.54 Å². The van der Waals surface area contributed by atoms with Crippen LogP contribution in [-0.4, -0.2) is 27.5 Å². The van der Waals surface area contributed by atoms with Crippen molar-refractivity contribution < 1.29 is 18.0 Å². The fraction of sp³-hybridized carbons (Fsp3) is 0.286. The average molecular weight is 295 g/mol.